The Balaban J connectivity index is 1.57. The van der Waals surface area contributed by atoms with Crippen LogP contribution in [0, 0.1) is 0 Å². The SMILES string of the molecule is CCC1(c2ccc(Cl)cc2)NC(=O)N(CC(=O)NCCCc2ccccc2)C1=O. The molecule has 1 unspecified atom stereocenters. The normalized spacial score (nSPS) is 18.6. The molecule has 1 atom stereocenters. The molecule has 29 heavy (non-hydrogen) atoms. The number of halogens is 1. The number of amides is 4. The average molecular weight is 414 g/mol. The van der Waals surface area contributed by atoms with E-state index in [1.165, 1.54) is 5.56 Å². The highest BCUT2D eigenvalue weighted by molar-refractivity contribution is 6.30. The molecule has 0 radical (unpaired) electrons. The average Bonchev–Trinajstić information content (AvgIpc) is 2.97. The molecule has 0 aromatic heterocycles. The van der Waals surface area contributed by atoms with Crippen LogP contribution in [0.5, 0.6) is 0 Å². The lowest BCUT2D eigenvalue weighted by molar-refractivity contribution is -0.135. The first-order chi connectivity index (χ1) is 14.0. The Bertz CT molecular complexity index is 886. The Morgan fingerprint density at radius 1 is 1.10 bits per heavy atom. The second-order valence-corrected chi connectivity index (χ2v) is 7.46. The van der Waals surface area contributed by atoms with E-state index in [4.69, 9.17) is 11.6 Å². The van der Waals surface area contributed by atoms with Gasteiger partial charge in [0, 0.05) is 11.6 Å². The zero-order valence-corrected chi connectivity index (χ0v) is 17.0. The predicted molar refractivity (Wildman–Crippen MR) is 111 cm³/mol. The molecule has 1 heterocycles. The first kappa shape index (κ1) is 20.9. The van der Waals surface area contributed by atoms with Crippen LogP contribution >= 0.6 is 11.6 Å². The number of benzene rings is 2. The summed E-state index contributed by atoms with van der Waals surface area (Å²) in [5.74, 6) is -0.781. The predicted octanol–water partition coefficient (Wildman–Crippen LogP) is 3.25. The van der Waals surface area contributed by atoms with Crippen LogP contribution in [0.1, 0.15) is 30.9 Å². The summed E-state index contributed by atoms with van der Waals surface area (Å²) in [5.41, 5.74) is 0.676. The summed E-state index contributed by atoms with van der Waals surface area (Å²) in [6.07, 6.45) is 1.99. The fourth-order valence-electron chi connectivity index (χ4n) is 3.51. The van der Waals surface area contributed by atoms with Crippen LogP contribution < -0.4 is 10.6 Å². The van der Waals surface area contributed by atoms with Crippen LogP contribution in [0.3, 0.4) is 0 Å². The lowest BCUT2D eigenvalue weighted by atomic mass is 9.87. The maximum Gasteiger partial charge on any atom is 0.325 e. The Morgan fingerprint density at radius 3 is 2.45 bits per heavy atom. The molecule has 152 valence electrons. The number of aryl methyl sites for hydroxylation is 1. The number of hydrogen-bond acceptors (Lipinski definition) is 3. The van der Waals surface area contributed by atoms with Crippen LogP contribution in [-0.2, 0) is 21.5 Å². The minimum atomic E-state index is -1.17. The third kappa shape index (κ3) is 4.59. The Kier molecular flexibility index (Phi) is 6.54. The number of carbonyl (C=O) groups is 3. The van der Waals surface area contributed by atoms with E-state index >= 15 is 0 Å². The fourth-order valence-corrected chi connectivity index (χ4v) is 3.63. The van der Waals surface area contributed by atoms with Crippen LogP contribution in [0.25, 0.3) is 0 Å². The van der Waals surface area contributed by atoms with E-state index in [1.807, 2.05) is 37.3 Å². The van der Waals surface area contributed by atoms with E-state index in [9.17, 15) is 14.4 Å². The molecule has 1 aliphatic rings. The molecule has 0 saturated carbocycles. The second-order valence-electron chi connectivity index (χ2n) is 7.03. The summed E-state index contributed by atoms with van der Waals surface area (Å²) < 4.78 is 0. The van der Waals surface area contributed by atoms with Gasteiger partial charge in [0.05, 0.1) is 0 Å². The molecule has 2 N–H and O–H groups in total. The third-order valence-electron chi connectivity index (χ3n) is 5.15. The van der Waals surface area contributed by atoms with E-state index < -0.39 is 17.5 Å². The number of imide groups is 1. The number of nitrogens with zero attached hydrogens (tertiary/aromatic N) is 1. The monoisotopic (exact) mass is 413 g/mol. The van der Waals surface area contributed by atoms with Crippen molar-refractivity contribution in [3.63, 3.8) is 0 Å². The minimum Gasteiger partial charge on any atom is -0.355 e. The summed E-state index contributed by atoms with van der Waals surface area (Å²) in [4.78, 5) is 38.7. The smallest absolute Gasteiger partial charge is 0.325 e. The first-order valence-corrected chi connectivity index (χ1v) is 10.0. The zero-order valence-electron chi connectivity index (χ0n) is 16.3. The van der Waals surface area contributed by atoms with Crippen LogP contribution in [0.4, 0.5) is 4.79 Å². The van der Waals surface area contributed by atoms with Gasteiger partial charge in [-0.05, 0) is 42.5 Å². The van der Waals surface area contributed by atoms with Gasteiger partial charge < -0.3 is 10.6 Å². The largest absolute Gasteiger partial charge is 0.355 e. The van der Waals surface area contributed by atoms with Crippen molar-refractivity contribution in [3.05, 3.63) is 70.7 Å². The molecular formula is C22H24ClN3O3. The van der Waals surface area contributed by atoms with Crippen LogP contribution in [-0.4, -0.2) is 35.8 Å². The Morgan fingerprint density at radius 2 is 1.79 bits per heavy atom. The van der Waals surface area contributed by atoms with Crippen molar-refractivity contribution in [1.29, 1.82) is 0 Å². The van der Waals surface area contributed by atoms with Gasteiger partial charge >= 0.3 is 6.03 Å². The summed E-state index contributed by atoms with van der Waals surface area (Å²) in [7, 11) is 0. The van der Waals surface area contributed by atoms with Gasteiger partial charge in [-0.3, -0.25) is 14.5 Å². The van der Waals surface area contributed by atoms with Gasteiger partial charge in [-0.2, -0.15) is 0 Å². The molecule has 1 saturated heterocycles. The van der Waals surface area contributed by atoms with Crippen molar-refractivity contribution < 1.29 is 14.4 Å². The molecule has 1 aliphatic heterocycles. The van der Waals surface area contributed by atoms with Crippen molar-refractivity contribution in [2.24, 2.45) is 0 Å². The molecular weight excluding hydrogens is 390 g/mol. The molecule has 1 fully saturated rings. The lowest BCUT2D eigenvalue weighted by Gasteiger charge is -2.25. The number of rotatable bonds is 8. The molecule has 4 amide bonds. The van der Waals surface area contributed by atoms with Gasteiger partial charge in [0.1, 0.15) is 12.1 Å². The summed E-state index contributed by atoms with van der Waals surface area (Å²) in [5, 5.41) is 6.09. The number of carbonyl (C=O) groups excluding carboxylic acids is 3. The van der Waals surface area contributed by atoms with E-state index in [-0.39, 0.29) is 12.5 Å². The van der Waals surface area contributed by atoms with Gasteiger partial charge in [0.25, 0.3) is 5.91 Å². The van der Waals surface area contributed by atoms with Crippen molar-refractivity contribution in [2.45, 2.75) is 31.7 Å². The van der Waals surface area contributed by atoms with Gasteiger partial charge in [-0.1, -0.05) is 61.0 Å². The molecule has 0 spiro atoms. The minimum absolute atomic E-state index is 0.300. The first-order valence-electron chi connectivity index (χ1n) is 9.67. The van der Waals surface area contributed by atoms with Crippen molar-refractivity contribution in [2.75, 3.05) is 13.1 Å². The Labute approximate surface area is 175 Å². The molecule has 3 rings (SSSR count). The van der Waals surface area contributed by atoms with Gasteiger partial charge in [0.15, 0.2) is 0 Å². The molecule has 2 aromatic rings. The van der Waals surface area contributed by atoms with Crippen LogP contribution in [0.2, 0.25) is 5.02 Å². The number of urea groups is 1. The summed E-state index contributed by atoms with van der Waals surface area (Å²) in [6, 6.07) is 16.2. The van der Waals surface area contributed by atoms with E-state index in [0.717, 1.165) is 17.7 Å². The molecule has 2 aromatic carbocycles. The van der Waals surface area contributed by atoms with E-state index in [1.54, 1.807) is 24.3 Å². The van der Waals surface area contributed by atoms with Crippen molar-refractivity contribution in [1.82, 2.24) is 15.5 Å². The number of hydrogen-bond donors (Lipinski definition) is 2. The standard InChI is InChI=1S/C22H24ClN3O3/c1-2-22(17-10-12-18(23)13-11-17)20(28)26(21(29)25-22)15-19(27)24-14-6-9-16-7-4-3-5-8-16/h3-5,7-8,10-13H,2,6,9,14-15H2,1H3,(H,24,27)(H,25,29). The lowest BCUT2D eigenvalue weighted by Crippen LogP contribution is -2.44. The number of nitrogens with one attached hydrogen (secondary N) is 2. The molecule has 0 bridgehead atoms. The zero-order chi connectivity index (χ0) is 20.9. The molecule has 6 nitrogen and oxygen atoms in total. The highest BCUT2D eigenvalue weighted by atomic mass is 35.5. The topological polar surface area (TPSA) is 78.5 Å². The van der Waals surface area contributed by atoms with E-state index in [2.05, 4.69) is 10.6 Å². The van der Waals surface area contributed by atoms with E-state index in [0.29, 0.717) is 23.6 Å². The van der Waals surface area contributed by atoms with Crippen molar-refractivity contribution in [3.8, 4) is 0 Å². The quantitative estimate of drug-likeness (QED) is 0.515. The van der Waals surface area contributed by atoms with Gasteiger partial charge in [-0.15, -0.1) is 0 Å². The van der Waals surface area contributed by atoms with Crippen molar-refractivity contribution >= 4 is 29.4 Å². The highest BCUT2D eigenvalue weighted by Gasteiger charge is 2.51. The summed E-state index contributed by atoms with van der Waals surface area (Å²) >= 11 is 5.93. The molecule has 0 aliphatic carbocycles. The fraction of sp³-hybridized carbons (Fsp3) is 0.318. The Hall–Kier alpha value is -2.86. The van der Waals surface area contributed by atoms with Crippen LogP contribution in [0.15, 0.2) is 54.6 Å². The second kappa shape index (κ2) is 9.09. The highest BCUT2D eigenvalue weighted by Crippen LogP contribution is 2.32. The van der Waals surface area contributed by atoms with Gasteiger partial charge in [-0.25, -0.2) is 4.79 Å². The van der Waals surface area contributed by atoms with Gasteiger partial charge in [0.2, 0.25) is 5.91 Å². The summed E-state index contributed by atoms with van der Waals surface area (Å²) in [6.45, 7) is 2.00. The maximum atomic E-state index is 13.0. The molecule has 7 heteroatoms. The third-order valence-corrected chi connectivity index (χ3v) is 5.40. The maximum absolute atomic E-state index is 13.0.